The minimum Gasteiger partial charge on any atom is -0.481 e. The van der Waals surface area contributed by atoms with Gasteiger partial charge in [-0.25, -0.2) is 0 Å². The zero-order chi connectivity index (χ0) is 17.1. The van der Waals surface area contributed by atoms with Crippen molar-refractivity contribution in [3.05, 3.63) is 34.9 Å². The van der Waals surface area contributed by atoms with Gasteiger partial charge < -0.3 is 5.11 Å². The monoisotopic (exact) mass is 366 g/mol. The van der Waals surface area contributed by atoms with E-state index < -0.39 is 51.2 Å². The number of benzene rings is 1. The van der Waals surface area contributed by atoms with E-state index in [1.54, 1.807) is 0 Å². The molecule has 10 heteroatoms. The molecule has 1 aromatic carbocycles. The Morgan fingerprint density at radius 1 is 1.00 bits per heavy atom. The van der Waals surface area contributed by atoms with E-state index in [0.717, 1.165) is 0 Å². The van der Waals surface area contributed by atoms with Crippen molar-refractivity contribution in [1.82, 2.24) is 0 Å². The Morgan fingerprint density at radius 2 is 1.41 bits per heavy atom. The number of carboxylic acids is 1. The first-order valence-corrected chi connectivity index (χ1v) is 6.42. The third kappa shape index (κ3) is 2.99. The largest absolute Gasteiger partial charge is 0.481 e. The van der Waals surface area contributed by atoms with Crippen LogP contribution < -0.4 is 0 Å². The van der Waals surface area contributed by atoms with Gasteiger partial charge in [0.15, 0.2) is 0 Å². The lowest BCUT2D eigenvalue weighted by Crippen LogP contribution is -2.12. The Kier molecular flexibility index (Phi) is 3.85. The number of alkyl halides is 8. The average Bonchev–Trinajstić information content (AvgIpc) is 2.89. The molecule has 1 aliphatic rings. The minimum atomic E-state index is -5.02. The number of rotatable bonds is 2. The highest BCUT2D eigenvalue weighted by molar-refractivity contribution is 6.53. The molecular weight excluding hydrogens is 361 g/mol. The van der Waals surface area contributed by atoms with Crippen molar-refractivity contribution >= 4 is 29.2 Å². The predicted molar refractivity (Wildman–Crippen MR) is 64.7 cm³/mol. The van der Waals surface area contributed by atoms with E-state index >= 15 is 0 Å². The highest BCUT2D eigenvalue weighted by Gasteiger charge is 2.68. The third-order valence-corrected chi connectivity index (χ3v) is 4.23. The van der Waals surface area contributed by atoms with Gasteiger partial charge in [-0.15, -0.1) is 0 Å². The van der Waals surface area contributed by atoms with Crippen LogP contribution in [0.4, 0.5) is 26.3 Å². The number of halogens is 8. The van der Waals surface area contributed by atoms with E-state index in [1.807, 2.05) is 0 Å². The summed E-state index contributed by atoms with van der Waals surface area (Å²) < 4.78 is 74.4. The first-order chi connectivity index (χ1) is 9.76. The SMILES string of the molecule is O=C(O)C1C(c2cc(C(F)(F)F)cc(C(F)(F)F)c2)C1(Cl)Cl. The molecule has 0 radical (unpaired) electrons. The average molecular weight is 367 g/mol. The number of aliphatic carboxylic acids is 1. The van der Waals surface area contributed by atoms with E-state index in [9.17, 15) is 31.1 Å². The van der Waals surface area contributed by atoms with Gasteiger partial charge in [-0.3, -0.25) is 4.79 Å². The quantitative estimate of drug-likeness (QED) is 0.608. The Labute approximate surface area is 129 Å². The summed E-state index contributed by atoms with van der Waals surface area (Å²) in [6.07, 6.45) is -10.0. The first-order valence-electron chi connectivity index (χ1n) is 5.66. The Balaban J connectivity index is 2.56. The van der Waals surface area contributed by atoms with Crippen LogP contribution in [-0.2, 0) is 17.1 Å². The summed E-state index contributed by atoms with van der Waals surface area (Å²) in [5, 5.41) is 8.87. The zero-order valence-electron chi connectivity index (χ0n) is 10.3. The van der Waals surface area contributed by atoms with E-state index in [4.69, 9.17) is 28.3 Å². The van der Waals surface area contributed by atoms with Crippen LogP contribution in [-0.4, -0.2) is 15.4 Å². The molecule has 2 rings (SSSR count). The summed E-state index contributed by atoms with van der Waals surface area (Å²) in [6, 6.07) is 0.816. The normalized spacial score (nSPS) is 24.2. The maximum Gasteiger partial charge on any atom is 0.416 e. The van der Waals surface area contributed by atoms with Crippen molar-refractivity contribution in [2.45, 2.75) is 22.6 Å². The van der Waals surface area contributed by atoms with Gasteiger partial charge in [0, 0.05) is 5.92 Å². The number of hydrogen-bond acceptors (Lipinski definition) is 1. The lowest BCUT2D eigenvalue weighted by Gasteiger charge is -2.14. The van der Waals surface area contributed by atoms with Crippen LogP contribution in [0.25, 0.3) is 0 Å². The Hall–Kier alpha value is -1.15. The Bertz CT molecular complexity index is 591. The summed E-state index contributed by atoms with van der Waals surface area (Å²) in [7, 11) is 0. The second-order valence-electron chi connectivity index (χ2n) is 4.81. The molecule has 2 unspecified atom stereocenters. The maximum atomic E-state index is 12.7. The van der Waals surface area contributed by atoms with Gasteiger partial charge in [-0.05, 0) is 23.8 Å². The third-order valence-electron chi connectivity index (χ3n) is 3.29. The van der Waals surface area contributed by atoms with Crippen molar-refractivity contribution in [3.8, 4) is 0 Å². The summed E-state index contributed by atoms with van der Waals surface area (Å²) in [5.74, 6) is -4.32. The zero-order valence-corrected chi connectivity index (χ0v) is 11.8. The molecule has 0 spiro atoms. The van der Waals surface area contributed by atoms with Crippen LogP contribution in [0, 0.1) is 5.92 Å². The smallest absolute Gasteiger partial charge is 0.416 e. The fourth-order valence-electron chi connectivity index (χ4n) is 2.21. The molecule has 122 valence electrons. The van der Waals surface area contributed by atoms with Crippen molar-refractivity contribution in [2.75, 3.05) is 0 Å². The van der Waals surface area contributed by atoms with E-state index in [1.165, 1.54) is 0 Å². The first kappa shape index (κ1) is 17.2. The van der Waals surface area contributed by atoms with Gasteiger partial charge in [0.1, 0.15) is 4.33 Å². The minimum absolute atomic E-state index is 0.0498. The molecule has 1 N–H and O–H groups in total. The molecule has 2 atom stereocenters. The fourth-order valence-corrected chi connectivity index (χ4v) is 3.02. The predicted octanol–water partition coefficient (Wildman–Crippen LogP) is 4.70. The van der Waals surface area contributed by atoms with Crippen LogP contribution in [0.3, 0.4) is 0 Å². The number of hydrogen-bond donors (Lipinski definition) is 1. The molecule has 0 heterocycles. The second-order valence-corrected chi connectivity index (χ2v) is 6.25. The second kappa shape index (κ2) is 4.92. The van der Waals surface area contributed by atoms with E-state index in [2.05, 4.69) is 0 Å². The van der Waals surface area contributed by atoms with Crippen LogP contribution in [0.2, 0.25) is 0 Å². The van der Waals surface area contributed by atoms with Crippen LogP contribution in [0.1, 0.15) is 22.6 Å². The van der Waals surface area contributed by atoms with Crippen LogP contribution in [0.5, 0.6) is 0 Å². The summed E-state index contributed by atoms with van der Waals surface area (Å²) >= 11 is 11.3. The molecule has 1 aromatic rings. The summed E-state index contributed by atoms with van der Waals surface area (Å²) in [5.41, 5.74) is -3.60. The molecule has 0 amide bonds. The molecule has 2 nitrogen and oxygen atoms in total. The van der Waals surface area contributed by atoms with Crippen molar-refractivity contribution in [1.29, 1.82) is 0 Å². The van der Waals surface area contributed by atoms with Crippen LogP contribution in [0.15, 0.2) is 18.2 Å². The van der Waals surface area contributed by atoms with Gasteiger partial charge in [-0.1, -0.05) is 23.2 Å². The summed E-state index contributed by atoms with van der Waals surface area (Å²) in [6.45, 7) is 0. The topological polar surface area (TPSA) is 37.3 Å². The summed E-state index contributed by atoms with van der Waals surface area (Å²) in [4.78, 5) is 10.9. The molecule has 1 fully saturated rings. The number of carbonyl (C=O) groups is 1. The van der Waals surface area contributed by atoms with E-state index in [0.29, 0.717) is 12.1 Å². The van der Waals surface area contributed by atoms with E-state index in [-0.39, 0.29) is 6.07 Å². The number of carboxylic acid groups (broad SMARTS) is 1. The lowest BCUT2D eigenvalue weighted by molar-refractivity contribution is -0.143. The highest BCUT2D eigenvalue weighted by Crippen LogP contribution is 2.65. The highest BCUT2D eigenvalue weighted by atomic mass is 35.5. The molecule has 22 heavy (non-hydrogen) atoms. The molecule has 0 saturated heterocycles. The standard InChI is InChI=1S/C12H6Cl2F6O2/c13-10(14)7(8(10)9(21)22)4-1-5(11(15,16)17)3-6(2-4)12(18,19)20/h1-3,7-8H,(H,21,22). The Morgan fingerprint density at radius 3 is 1.68 bits per heavy atom. The van der Waals surface area contributed by atoms with Crippen molar-refractivity contribution in [3.63, 3.8) is 0 Å². The van der Waals surface area contributed by atoms with Crippen LogP contribution >= 0.6 is 23.2 Å². The van der Waals surface area contributed by atoms with Gasteiger partial charge in [-0.2, -0.15) is 26.3 Å². The molecule has 0 aromatic heterocycles. The van der Waals surface area contributed by atoms with Gasteiger partial charge in [0.05, 0.1) is 17.0 Å². The molecule has 0 bridgehead atoms. The maximum absolute atomic E-state index is 12.7. The van der Waals surface area contributed by atoms with Gasteiger partial charge in [0.2, 0.25) is 0 Å². The molecule has 1 aliphatic carbocycles. The van der Waals surface area contributed by atoms with Gasteiger partial charge >= 0.3 is 18.3 Å². The molecule has 0 aliphatic heterocycles. The van der Waals surface area contributed by atoms with Crippen molar-refractivity contribution < 1.29 is 36.2 Å². The van der Waals surface area contributed by atoms with Crippen molar-refractivity contribution in [2.24, 2.45) is 5.92 Å². The molecular formula is C12H6Cl2F6O2. The fraction of sp³-hybridized carbons (Fsp3) is 0.417. The lowest BCUT2D eigenvalue weighted by atomic mass is 10.0. The van der Waals surface area contributed by atoms with Gasteiger partial charge in [0.25, 0.3) is 0 Å². The molecule has 1 saturated carbocycles.